The average Bonchev–Trinajstić information content (AvgIpc) is 2.29. The predicted molar refractivity (Wildman–Crippen MR) is 80.6 cm³/mol. The SMILES string of the molecule is C1CCCCCCC1.CCCCCCCCC. The Bertz CT molecular complexity index is 87.2. The summed E-state index contributed by atoms with van der Waals surface area (Å²) < 4.78 is 0. The topological polar surface area (TPSA) is 0 Å². The Labute approximate surface area is 111 Å². The first-order valence-corrected chi connectivity index (χ1v) is 8.41. The van der Waals surface area contributed by atoms with Gasteiger partial charge in [0.25, 0.3) is 0 Å². The standard InChI is InChI=1S/C9H20.C8H16/c1-3-5-7-9-8-6-4-2;1-2-4-6-8-7-5-3-1/h3-9H2,1-2H3;1-8H2. The van der Waals surface area contributed by atoms with E-state index in [2.05, 4.69) is 13.8 Å². The highest BCUT2D eigenvalue weighted by atomic mass is 14.0. The Morgan fingerprint density at radius 1 is 0.412 bits per heavy atom. The second-order valence-corrected chi connectivity index (χ2v) is 5.60. The van der Waals surface area contributed by atoms with Crippen LogP contribution in [-0.4, -0.2) is 0 Å². The highest BCUT2D eigenvalue weighted by Crippen LogP contribution is 2.15. The van der Waals surface area contributed by atoms with E-state index in [0.717, 1.165) is 0 Å². The normalized spacial score (nSPS) is 16.6. The fourth-order valence-electron chi connectivity index (χ4n) is 2.44. The predicted octanol–water partition coefficient (Wildman–Crippen LogP) is 6.88. The third-order valence-electron chi connectivity index (χ3n) is 3.71. The molecule has 0 nitrogen and oxygen atoms in total. The van der Waals surface area contributed by atoms with Crippen molar-refractivity contribution in [1.82, 2.24) is 0 Å². The van der Waals surface area contributed by atoms with Crippen LogP contribution in [0.2, 0.25) is 0 Å². The first-order chi connectivity index (χ1) is 8.41. The van der Waals surface area contributed by atoms with E-state index in [1.165, 1.54) is 96.3 Å². The van der Waals surface area contributed by atoms with Crippen LogP contribution in [0.15, 0.2) is 0 Å². The van der Waals surface area contributed by atoms with Crippen molar-refractivity contribution >= 4 is 0 Å². The van der Waals surface area contributed by atoms with Crippen LogP contribution < -0.4 is 0 Å². The van der Waals surface area contributed by atoms with Crippen LogP contribution in [0.1, 0.15) is 110 Å². The molecule has 0 amide bonds. The molecule has 0 aromatic heterocycles. The zero-order chi connectivity index (χ0) is 12.6. The molecule has 1 fully saturated rings. The summed E-state index contributed by atoms with van der Waals surface area (Å²) in [5.74, 6) is 0. The highest BCUT2D eigenvalue weighted by Gasteiger charge is 1.95. The van der Waals surface area contributed by atoms with Crippen molar-refractivity contribution in [2.75, 3.05) is 0 Å². The van der Waals surface area contributed by atoms with Gasteiger partial charge in [-0.3, -0.25) is 0 Å². The van der Waals surface area contributed by atoms with E-state index in [0.29, 0.717) is 0 Å². The summed E-state index contributed by atoms with van der Waals surface area (Å²) in [6.07, 6.45) is 22.0. The molecule has 1 aliphatic rings. The Morgan fingerprint density at radius 3 is 0.882 bits per heavy atom. The summed E-state index contributed by atoms with van der Waals surface area (Å²) >= 11 is 0. The van der Waals surface area contributed by atoms with Gasteiger partial charge in [-0.25, -0.2) is 0 Å². The molecule has 0 aliphatic heterocycles. The maximum atomic E-state index is 2.26. The molecule has 0 N–H and O–H groups in total. The largest absolute Gasteiger partial charge is 0.0654 e. The zero-order valence-corrected chi connectivity index (χ0v) is 12.6. The lowest BCUT2D eigenvalue weighted by Gasteiger charge is -2.05. The molecule has 0 atom stereocenters. The molecule has 0 radical (unpaired) electrons. The molecule has 0 aromatic carbocycles. The van der Waals surface area contributed by atoms with Gasteiger partial charge in [0.2, 0.25) is 0 Å². The van der Waals surface area contributed by atoms with Crippen LogP contribution in [0.5, 0.6) is 0 Å². The van der Waals surface area contributed by atoms with E-state index < -0.39 is 0 Å². The van der Waals surface area contributed by atoms with E-state index in [9.17, 15) is 0 Å². The fraction of sp³-hybridized carbons (Fsp3) is 1.00. The van der Waals surface area contributed by atoms with Crippen molar-refractivity contribution in [3.8, 4) is 0 Å². The van der Waals surface area contributed by atoms with Gasteiger partial charge in [-0.2, -0.15) is 0 Å². The molecule has 0 aromatic rings. The molecule has 17 heavy (non-hydrogen) atoms. The van der Waals surface area contributed by atoms with Gasteiger partial charge < -0.3 is 0 Å². The summed E-state index contributed by atoms with van der Waals surface area (Å²) in [6.45, 7) is 4.53. The van der Waals surface area contributed by atoms with Crippen molar-refractivity contribution in [3.05, 3.63) is 0 Å². The second-order valence-electron chi connectivity index (χ2n) is 5.60. The van der Waals surface area contributed by atoms with Crippen molar-refractivity contribution in [2.24, 2.45) is 0 Å². The van der Waals surface area contributed by atoms with Crippen LogP contribution in [0.25, 0.3) is 0 Å². The lowest BCUT2D eigenvalue weighted by molar-refractivity contribution is 0.504. The van der Waals surface area contributed by atoms with Crippen molar-refractivity contribution in [2.45, 2.75) is 110 Å². The lowest BCUT2D eigenvalue weighted by Crippen LogP contribution is -1.85. The fourth-order valence-corrected chi connectivity index (χ4v) is 2.44. The molecule has 0 heterocycles. The summed E-state index contributed by atoms with van der Waals surface area (Å²) in [7, 11) is 0. The van der Waals surface area contributed by atoms with E-state index in [1.54, 1.807) is 0 Å². The van der Waals surface area contributed by atoms with Crippen molar-refractivity contribution < 1.29 is 0 Å². The highest BCUT2D eigenvalue weighted by molar-refractivity contribution is 4.51. The summed E-state index contributed by atoms with van der Waals surface area (Å²) in [6, 6.07) is 0. The molecule has 104 valence electrons. The van der Waals surface area contributed by atoms with Crippen molar-refractivity contribution in [1.29, 1.82) is 0 Å². The molecular weight excluding hydrogens is 204 g/mol. The average molecular weight is 240 g/mol. The number of rotatable bonds is 6. The Balaban J connectivity index is 0.000000302. The van der Waals surface area contributed by atoms with Gasteiger partial charge in [-0.05, 0) is 0 Å². The summed E-state index contributed by atoms with van der Waals surface area (Å²) in [4.78, 5) is 0. The third kappa shape index (κ3) is 16.0. The van der Waals surface area contributed by atoms with Gasteiger partial charge in [0.05, 0.1) is 0 Å². The molecule has 0 spiro atoms. The van der Waals surface area contributed by atoms with Crippen LogP contribution in [0.4, 0.5) is 0 Å². The first-order valence-electron chi connectivity index (χ1n) is 8.41. The molecule has 0 bridgehead atoms. The molecule has 0 heteroatoms. The minimum atomic E-state index is 1.37. The molecule has 1 aliphatic carbocycles. The number of hydrogen-bond donors (Lipinski definition) is 0. The van der Waals surface area contributed by atoms with Crippen LogP contribution in [0, 0.1) is 0 Å². The molecule has 1 rings (SSSR count). The monoisotopic (exact) mass is 240 g/mol. The molecule has 0 unspecified atom stereocenters. The first kappa shape index (κ1) is 17.0. The van der Waals surface area contributed by atoms with E-state index in [1.807, 2.05) is 0 Å². The molecule has 1 saturated carbocycles. The lowest BCUT2D eigenvalue weighted by atomic mass is 10.0. The third-order valence-corrected chi connectivity index (χ3v) is 3.71. The smallest absolute Gasteiger partial charge is 0.0533 e. The van der Waals surface area contributed by atoms with Crippen LogP contribution in [-0.2, 0) is 0 Å². The maximum absolute atomic E-state index is 2.26. The minimum Gasteiger partial charge on any atom is -0.0654 e. The summed E-state index contributed by atoms with van der Waals surface area (Å²) in [5, 5.41) is 0. The van der Waals surface area contributed by atoms with Gasteiger partial charge >= 0.3 is 0 Å². The van der Waals surface area contributed by atoms with Crippen molar-refractivity contribution in [3.63, 3.8) is 0 Å². The zero-order valence-electron chi connectivity index (χ0n) is 12.6. The Kier molecular flexibility index (Phi) is 16.0. The van der Waals surface area contributed by atoms with Gasteiger partial charge in [0.1, 0.15) is 0 Å². The Hall–Kier alpha value is 0. The molecular formula is C17H36. The van der Waals surface area contributed by atoms with E-state index in [-0.39, 0.29) is 0 Å². The van der Waals surface area contributed by atoms with Gasteiger partial charge in [0.15, 0.2) is 0 Å². The quantitative estimate of drug-likeness (QED) is 0.444. The summed E-state index contributed by atoms with van der Waals surface area (Å²) in [5.41, 5.74) is 0. The van der Waals surface area contributed by atoms with Gasteiger partial charge in [-0.1, -0.05) is 110 Å². The number of hydrogen-bond acceptors (Lipinski definition) is 0. The Morgan fingerprint density at radius 2 is 0.647 bits per heavy atom. The van der Waals surface area contributed by atoms with E-state index in [4.69, 9.17) is 0 Å². The number of unbranched alkanes of at least 4 members (excludes halogenated alkanes) is 6. The minimum absolute atomic E-state index is 1.37. The van der Waals surface area contributed by atoms with Crippen LogP contribution in [0.3, 0.4) is 0 Å². The van der Waals surface area contributed by atoms with E-state index >= 15 is 0 Å². The molecule has 0 saturated heterocycles. The van der Waals surface area contributed by atoms with Gasteiger partial charge in [-0.15, -0.1) is 0 Å². The maximum Gasteiger partial charge on any atom is -0.0533 e. The second kappa shape index (κ2) is 16.0. The van der Waals surface area contributed by atoms with Gasteiger partial charge in [0, 0.05) is 0 Å². The van der Waals surface area contributed by atoms with Crippen LogP contribution >= 0.6 is 0 Å².